The van der Waals surface area contributed by atoms with Crippen LogP contribution in [-0.2, 0) is 14.3 Å². The number of thioether (sulfide) groups is 1. The van der Waals surface area contributed by atoms with E-state index in [0.717, 1.165) is 21.8 Å². The highest BCUT2D eigenvalue weighted by Gasteiger charge is 2.16. The number of methoxy groups -OCH3 is 2. The van der Waals surface area contributed by atoms with Crippen LogP contribution >= 0.6 is 27.7 Å². The van der Waals surface area contributed by atoms with Gasteiger partial charge in [-0.25, -0.2) is 9.59 Å². The molecule has 1 amide bonds. The number of carbonyl (C=O) groups excluding carboxylic acids is 3. The van der Waals surface area contributed by atoms with Crippen LogP contribution in [0.4, 0.5) is 5.69 Å². The van der Waals surface area contributed by atoms with Crippen LogP contribution in [0.1, 0.15) is 20.7 Å². The minimum Gasteiger partial charge on any atom is -0.465 e. The first kappa shape index (κ1) is 22.5. The number of esters is 2. The molecule has 3 aromatic rings. The topological polar surface area (TPSA) is 121 Å². The number of hydrogen-bond acceptors (Lipinski definition) is 9. The molecule has 9 nitrogen and oxygen atoms in total. The number of hydrogen-bond donors (Lipinski definition) is 1. The Bertz CT molecular complexity index is 1080. The van der Waals surface area contributed by atoms with E-state index in [1.165, 1.54) is 32.4 Å². The fourth-order valence-corrected chi connectivity index (χ4v) is 3.30. The quantitative estimate of drug-likeness (QED) is 0.377. The van der Waals surface area contributed by atoms with Crippen LogP contribution < -0.4 is 5.32 Å². The molecule has 0 aliphatic rings. The zero-order valence-electron chi connectivity index (χ0n) is 16.4. The van der Waals surface area contributed by atoms with Crippen LogP contribution in [0.25, 0.3) is 11.5 Å². The number of amides is 1. The molecule has 1 aromatic heterocycles. The Morgan fingerprint density at radius 3 is 2.19 bits per heavy atom. The second kappa shape index (κ2) is 10.2. The molecule has 0 spiro atoms. The van der Waals surface area contributed by atoms with Gasteiger partial charge in [0, 0.05) is 15.7 Å². The van der Waals surface area contributed by atoms with Crippen molar-refractivity contribution in [2.45, 2.75) is 5.22 Å². The molecule has 31 heavy (non-hydrogen) atoms. The lowest BCUT2D eigenvalue weighted by atomic mass is 10.1. The lowest BCUT2D eigenvalue weighted by molar-refractivity contribution is -0.113. The minimum absolute atomic E-state index is 0.0298. The number of nitrogens with zero attached hydrogens (tertiary/aromatic N) is 2. The highest BCUT2D eigenvalue weighted by molar-refractivity contribution is 9.10. The van der Waals surface area contributed by atoms with Gasteiger partial charge >= 0.3 is 11.9 Å². The number of aromatic nitrogens is 2. The number of halogens is 1. The first-order chi connectivity index (χ1) is 14.9. The van der Waals surface area contributed by atoms with Crippen LogP contribution in [0.2, 0.25) is 0 Å². The average Bonchev–Trinajstić information content (AvgIpc) is 3.26. The van der Waals surface area contributed by atoms with Gasteiger partial charge in [0.05, 0.1) is 31.1 Å². The molecular formula is C20H16BrN3O6S. The number of benzene rings is 2. The van der Waals surface area contributed by atoms with E-state index in [1.54, 1.807) is 0 Å². The van der Waals surface area contributed by atoms with Crippen molar-refractivity contribution in [2.75, 3.05) is 25.3 Å². The predicted octanol–water partition coefficient (Wildman–Crippen LogP) is 3.80. The third-order valence-electron chi connectivity index (χ3n) is 3.88. The van der Waals surface area contributed by atoms with Gasteiger partial charge in [-0.15, -0.1) is 10.2 Å². The van der Waals surface area contributed by atoms with E-state index in [2.05, 4.69) is 40.9 Å². The summed E-state index contributed by atoms with van der Waals surface area (Å²) in [7, 11) is 2.43. The van der Waals surface area contributed by atoms with Crippen molar-refractivity contribution < 1.29 is 28.3 Å². The van der Waals surface area contributed by atoms with Gasteiger partial charge in [0.25, 0.3) is 5.22 Å². The lowest BCUT2D eigenvalue weighted by Gasteiger charge is -2.09. The molecule has 0 aliphatic carbocycles. The van der Waals surface area contributed by atoms with Crippen molar-refractivity contribution in [3.63, 3.8) is 0 Å². The second-order valence-corrected chi connectivity index (χ2v) is 7.84. The number of nitrogens with one attached hydrogen (secondary N) is 1. The minimum atomic E-state index is -0.651. The molecule has 0 saturated carbocycles. The number of rotatable bonds is 7. The third kappa shape index (κ3) is 5.92. The Morgan fingerprint density at radius 2 is 1.61 bits per heavy atom. The molecule has 0 aliphatic heterocycles. The zero-order valence-corrected chi connectivity index (χ0v) is 18.8. The van der Waals surface area contributed by atoms with Gasteiger partial charge in [0.15, 0.2) is 0 Å². The molecule has 11 heteroatoms. The maximum atomic E-state index is 12.3. The number of anilines is 1. The summed E-state index contributed by atoms with van der Waals surface area (Å²) in [5.74, 6) is -1.39. The molecule has 3 rings (SSSR count). The standard InChI is InChI=1S/C20H16BrN3O6S/c1-28-18(26)12-7-13(19(27)29-2)9-15(8-12)22-16(25)10-31-20-24-23-17(30-20)11-3-5-14(21)6-4-11/h3-9H,10H2,1-2H3,(H,22,25). The molecule has 1 heterocycles. The fourth-order valence-electron chi connectivity index (χ4n) is 2.47. The van der Waals surface area contributed by atoms with Crippen LogP contribution in [0.3, 0.4) is 0 Å². The van der Waals surface area contributed by atoms with Crippen LogP contribution in [0.5, 0.6) is 0 Å². The Hall–Kier alpha value is -3.18. The summed E-state index contributed by atoms with van der Waals surface area (Å²) in [5.41, 5.74) is 1.20. The van der Waals surface area contributed by atoms with Crippen molar-refractivity contribution in [2.24, 2.45) is 0 Å². The SMILES string of the molecule is COC(=O)c1cc(NC(=O)CSc2nnc(-c3ccc(Br)cc3)o2)cc(C(=O)OC)c1. The molecular weight excluding hydrogens is 490 g/mol. The molecule has 160 valence electrons. The molecule has 0 bridgehead atoms. The van der Waals surface area contributed by atoms with Crippen molar-refractivity contribution in [3.8, 4) is 11.5 Å². The molecule has 0 atom stereocenters. The lowest BCUT2D eigenvalue weighted by Crippen LogP contribution is -2.16. The smallest absolute Gasteiger partial charge is 0.337 e. The van der Waals surface area contributed by atoms with E-state index in [1.807, 2.05) is 24.3 Å². The van der Waals surface area contributed by atoms with Crippen molar-refractivity contribution in [1.29, 1.82) is 0 Å². The number of carbonyl (C=O) groups is 3. The van der Waals surface area contributed by atoms with E-state index < -0.39 is 17.8 Å². The largest absolute Gasteiger partial charge is 0.465 e. The summed E-state index contributed by atoms with van der Waals surface area (Å²) in [6.07, 6.45) is 0. The van der Waals surface area contributed by atoms with E-state index in [4.69, 9.17) is 4.42 Å². The van der Waals surface area contributed by atoms with Gasteiger partial charge in [-0.2, -0.15) is 0 Å². The first-order valence-electron chi connectivity index (χ1n) is 8.73. The van der Waals surface area contributed by atoms with Gasteiger partial charge in [0.2, 0.25) is 11.8 Å². The van der Waals surface area contributed by atoms with E-state index >= 15 is 0 Å². The van der Waals surface area contributed by atoms with Crippen LogP contribution in [0.15, 0.2) is 56.6 Å². The van der Waals surface area contributed by atoms with Gasteiger partial charge < -0.3 is 19.2 Å². The van der Waals surface area contributed by atoms with Crippen LogP contribution in [0, 0.1) is 0 Å². The second-order valence-electron chi connectivity index (χ2n) is 6.00. The van der Waals surface area contributed by atoms with E-state index in [-0.39, 0.29) is 27.8 Å². The van der Waals surface area contributed by atoms with E-state index in [0.29, 0.717) is 5.89 Å². The predicted molar refractivity (Wildman–Crippen MR) is 116 cm³/mol. The fraction of sp³-hybridized carbons (Fsp3) is 0.150. The normalized spacial score (nSPS) is 10.4. The highest BCUT2D eigenvalue weighted by Crippen LogP contribution is 2.25. The summed E-state index contributed by atoms with van der Waals surface area (Å²) < 4.78 is 15.8. The Balaban J connectivity index is 1.66. The van der Waals surface area contributed by atoms with Crippen molar-refractivity contribution in [3.05, 3.63) is 58.1 Å². The van der Waals surface area contributed by atoms with Crippen molar-refractivity contribution in [1.82, 2.24) is 10.2 Å². The summed E-state index contributed by atoms with van der Waals surface area (Å²) in [6, 6.07) is 11.5. The van der Waals surface area contributed by atoms with Gasteiger partial charge in [0.1, 0.15) is 0 Å². The maximum Gasteiger partial charge on any atom is 0.337 e. The van der Waals surface area contributed by atoms with Gasteiger partial charge in [-0.1, -0.05) is 27.7 Å². The molecule has 0 radical (unpaired) electrons. The summed E-state index contributed by atoms with van der Waals surface area (Å²) in [5, 5.41) is 10.7. The number of ether oxygens (including phenoxy) is 2. The maximum absolute atomic E-state index is 12.3. The summed E-state index contributed by atoms with van der Waals surface area (Å²) in [6.45, 7) is 0. The summed E-state index contributed by atoms with van der Waals surface area (Å²) >= 11 is 4.41. The molecule has 0 unspecified atom stereocenters. The molecule has 0 saturated heterocycles. The Kier molecular flexibility index (Phi) is 7.42. The summed E-state index contributed by atoms with van der Waals surface area (Å²) in [4.78, 5) is 36.0. The van der Waals surface area contributed by atoms with Crippen molar-refractivity contribution >= 4 is 51.2 Å². The molecule has 1 N–H and O–H groups in total. The zero-order chi connectivity index (χ0) is 22.4. The Labute approximate surface area is 189 Å². The first-order valence-corrected chi connectivity index (χ1v) is 10.5. The van der Waals surface area contributed by atoms with Crippen LogP contribution in [-0.4, -0.2) is 48.0 Å². The highest BCUT2D eigenvalue weighted by atomic mass is 79.9. The Morgan fingerprint density at radius 1 is 1.00 bits per heavy atom. The molecule has 2 aromatic carbocycles. The average molecular weight is 506 g/mol. The third-order valence-corrected chi connectivity index (χ3v) is 5.23. The van der Waals surface area contributed by atoms with Gasteiger partial charge in [-0.3, -0.25) is 4.79 Å². The van der Waals surface area contributed by atoms with E-state index in [9.17, 15) is 14.4 Å². The monoisotopic (exact) mass is 505 g/mol. The van der Waals surface area contributed by atoms with Gasteiger partial charge in [-0.05, 0) is 42.5 Å². The molecule has 0 fully saturated rings.